The van der Waals surface area contributed by atoms with Crippen molar-refractivity contribution in [3.05, 3.63) is 29.3 Å². The normalized spacial score (nSPS) is 33.8. The van der Waals surface area contributed by atoms with Gasteiger partial charge in [0.05, 0.1) is 6.61 Å². The lowest BCUT2D eigenvalue weighted by molar-refractivity contribution is 0.259. The van der Waals surface area contributed by atoms with E-state index in [0.717, 1.165) is 37.0 Å². The molecule has 2 heteroatoms. The summed E-state index contributed by atoms with van der Waals surface area (Å²) in [5.74, 6) is 3.64. The van der Waals surface area contributed by atoms with Gasteiger partial charge >= 0.3 is 0 Å². The predicted octanol–water partition coefficient (Wildman–Crippen LogP) is 3.45. The van der Waals surface area contributed by atoms with Crippen LogP contribution in [0.4, 0.5) is 0 Å². The lowest BCUT2D eigenvalue weighted by Crippen LogP contribution is -2.27. The van der Waals surface area contributed by atoms with Crippen LogP contribution in [0.1, 0.15) is 49.3 Å². The third-order valence-electron chi connectivity index (χ3n) is 5.58. The lowest BCUT2D eigenvalue weighted by atomic mass is 9.80. The van der Waals surface area contributed by atoms with Gasteiger partial charge in [-0.25, -0.2) is 0 Å². The minimum absolute atomic E-state index is 0.184. The summed E-state index contributed by atoms with van der Waals surface area (Å²) in [6, 6.07) is 6.74. The number of benzene rings is 1. The number of para-hydroxylation sites is 1. The number of rotatable bonds is 2. The van der Waals surface area contributed by atoms with Crippen LogP contribution in [0.3, 0.4) is 0 Å². The van der Waals surface area contributed by atoms with Gasteiger partial charge in [0.2, 0.25) is 0 Å². The Bertz CT molecular complexity index is 484. The Labute approximate surface area is 115 Å². The lowest BCUT2D eigenvalue weighted by Gasteiger charge is -2.30. The molecule has 3 aliphatic rings. The van der Waals surface area contributed by atoms with Gasteiger partial charge in [0, 0.05) is 11.6 Å². The molecular weight excluding hydrogens is 234 g/mol. The van der Waals surface area contributed by atoms with Crippen molar-refractivity contribution in [3.8, 4) is 5.75 Å². The molecule has 0 saturated heterocycles. The Hall–Kier alpha value is -1.02. The molecule has 2 aliphatic carbocycles. The molecule has 4 atom stereocenters. The van der Waals surface area contributed by atoms with Gasteiger partial charge in [0.15, 0.2) is 0 Å². The highest BCUT2D eigenvalue weighted by atomic mass is 16.5. The second-order valence-electron chi connectivity index (χ2n) is 6.65. The fourth-order valence-electron chi connectivity index (χ4n) is 4.64. The van der Waals surface area contributed by atoms with E-state index in [1.807, 2.05) is 0 Å². The fraction of sp³-hybridized carbons (Fsp3) is 0.647. The Morgan fingerprint density at radius 2 is 2.16 bits per heavy atom. The molecule has 0 amide bonds. The Morgan fingerprint density at radius 3 is 2.95 bits per heavy atom. The minimum Gasteiger partial charge on any atom is -0.493 e. The fourth-order valence-corrected chi connectivity index (χ4v) is 4.64. The third-order valence-corrected chi connectivity index (χ3v) is 5.58. The first-order valence-electron chi connectivity index (χ1n) is 7.83. The Kier molecular flexibility index (Phi) is 2.80. The van der Waals surface area contributed by atoms with Gasteiger partial charge in [-0.2, -0.15) is 0 Å². The number of aryl methyl sites for hydroxylation is 1. The second-order valence-corrected chi connectivity index (χ2v) is 6.65. The number of hydrogen-bond acceptors (Lipinski definition) is 2. The molecule has 0 spiro atoms. The van der Waals surface area contributed by atoms with Crippen LogP contribution in [-0.2, 0) is 6.42 Å². The quantitative estimate of drug-likeness (QED) is 0.880. The van der Waals surface area contributed by atoms with Crippen LogP contribution in [0.15, 0.2) is 18.2 Å². The van der Waals surface area contributed by atoms with Crippen LogP contribution in [0.25, 0.3) is 0 Å². The summed E-state index contributed by atoms with van der Waals surface area (Å²) in [7, 11) is 0. The van der Waals surface area contributed by atoms with Crippen LogP contribution in [-0.4, -0.2) is 6.61 Å². The highest BCUT2D eigenvalue weighted by molar-refractivity contribution is 5.44. The average Bonchev–Trinajstić information content (AvgIpc) is 3.08. The van der Waals surface area contributed by atoms with E-state index >= 15 is 0 Å². The van der Waals surface area contributed by atoms with Gasteiger partial charge in [-0.15, -0.1) is 0 Å². The molecule has 4 unspecified atom stereocenters. The molecule has 4 rings (SSSR count). The molecule has 1 aromatic carbocycles. The summed E-state index contributed by atoms with van der Waals surface area (Å²) >= 11 is 0. The molecule has 2 bridgehead atoms. The van der Waals surface area contributed by atoms with Gasteiger partial charge in [0.25, 0.3) is 0 Å². The van der Waals surface area contributed by atoms with E-state index in [2.05, 4.69) is 18.2 Å². The van der Waals surface area contributed by atoms with Crippen molar-refractivity contribution in [2.75, 3.05) is 6.61 Å². The van der Waals surface area contributed by atoms with Crippen LogP contribution >= 0.6 is 0 Å². The first-order chi connectivity index (χ1) is 9.33. The van der Waals surface area contributed by atoms with Crippen LogP contribution in [0, 0.1) is 17.8 Å². The maximum Gasteiger partial charge on any atom is 0.127 e. The zero-order chi connectivity index (χ0) is 12.8. The van der Waals surface area contributed by atoms with E-state index in [4.69, 9.17) is 10.5 Å². The largest absolute Gasteiger partial charge is 0.493 e. The smallest absolute Gasteiger partial charge is 0.127 e. The second kappa shape index (κ2) is 4.52. The third kappa shape index (κ3) is 1.88. The maximum atomic E-state index is 6.63. The van der Waals surface area contributed by atoms with Crippen molar-refractivity contribution in [2.24, 2.45) is 23.5 Å². The molecule has 0 radical (unpaired) electrons. The maximum absolute atomic E-state index is 6.63. The van der Waals surface area contributed by atoms with E-state index in [9.17, 15) is 0 Å². The molecular formula is C17H23NO. The van der Waals surface area contributed by atoms with Crippen molar-refractivity contribution < 1.29 is 4.74 Å². The van der Waals surface area contributed by atoms with E-state index in [-0.39, 0.29) is 6.04 Å². The highest BCUT2D eigenvalue weighted by Gasteiger charge is 2.43. The Morgan fingerprint density at radius 1 is 1.21 bits per heavy atom. The van der Waals surface area contributed by atoms with E-state index in [1.54, 1.807) is 0 Å². The molecule has 0 aromatic heterocycles. The van der Waals surface area contributed by atoms with Crippen molar-refractivity contribution in [1.29, 1.82) is 0 Å². The minimum atomic E-state index is 0.184. The summed E-state index contributed by atoms with van der Waals surface area (Å²) in [6.07, 6.45) is 7.90. The van der Waals surface area contributed by atoms with Gasteiger partial charge in [0.1, 0.15) is 5.75 Å². The number of fused-ring (bicyclic) bond motifs is 3. The Balaban J connectivity index is 1.65. The zero-order valence-corrected chi connectivity index (χ0v) is 11.5. The zero-order valence-electron chi connectivity index (χ0n) is 11.5. The van der Waals surface area contributed by atoms with Crippen molar-refractivity contribution in [2.45, 2.75) is 44.6 Å². The van der Waals surface area contributed by atoms with Gasteiger partial charge in [-0.1, -0.05) is 24.6 Å². The number of nitrogens with two attached hydrogens (primary N) is 1. The first kappa shape index (κ1) is 11.8. The molecule has 1 heterocycles. The number of ether oxygens (including phenoxy) is 1. The predicted molar refractivity (Wildman–Crippen MR) is 76.1 cm³/mol. The molecule has 2 fully saturated rings. The number of hydrogen-bond donors (Lipinski definition) is 1. The van der Waals surface area contributed by atoms with E-state index in [0.29, 0.717) is 5.92 Å². The summed E-state index contributed by atoms with van der Waals surface area (Å²) in [5.41, 5.74) is 9.27. The monoisotopic (exact) mass is 257 g/mol. The van der Waals surface area contributed by atoms with E-state index < -0.39 is 0 Å². The molecule has 2 saturated carbocycles. The SMILES string of the molecule is NC(c1cccc2c1OCCC2)C1CC2CCC1C2. The van der Waals surface area contributed by atoms with Crippen LogP contribution in [0.2, 0.25) is 0 Å². The topological polar surface area (TPSA) is 35.2 Å². The summed E-state index contributed by atoms with van der Waals surface area (Å²) in [4.78, 5) is 0. The summed E-state index contributed by atoms with van der Waals surface area (Å²) in [6.45, 7) is 0.855. The van der Waals surface area contributed by atoms with Crippen molar-refractivity contribution >= 4 is 0 Å². The van der Waals surface area contributed by atoms with Crippen molar-refractivity contribution in [1.82, 2.24) is 0 Å². The molecule has 2 N–H and O–H groups in total. The molecule has 102 valence electrons. The molecule has 1 aliphatic heterocycles. The van der Waals surface area contributed by atoms with Gasteiger partial charge in [-0.05, 0) is 55.4 Å². The van der Waals surface area contributed by atoms with E-state index in [1.165, 1.54) is 36.8 Å². The van der Waals surface area contributed by atoms with Gasteiger partial charge in [-0.3, -0.25) is 0 Å². The average molecular weight is 257 g/mol. The van der Waals surface area contributed by atoms with Crippen LogP contribution in [0.5, 0.6) is 5.75 Å². The molecule has 19 heavy (non-hydrogen) atoms. The summed E-state index contributed by atoms with van der Waals surface area (Å²) < 4.78 is 5.94. The standard InChI is InChI=1S/C17H23NO/c18-16(15-10-11-6-7-13(15)9-11)14-5-1-3-12-4-2-8-19-17(12)14/h1,3,5,11,13,15-16H,2,4,6-10,18H2. The molecule has 1 aromatic rings. The van der Waals surface area contributed by atoms with Crippen LogP contribution < -0.4 is 10.5 Å². The van der Waals surface area contributed by atoms with Gasteiger partial charge < -0.3 is 10.5 Å². The van der Waals surface area contributed by atoms with Crippen molar-refractivity contribution in [3.63, 3.8) is 0 Å². The highest BCUT2D eigenvalue weighted by Crippen LogP contribution is 2.53. The summed E-state index contributed by atoms with van der Waals surface area (Å²) in [5, 5.41) is 0. The molecule has 2 nitrogen and oxygen atoms in total. The first-order valence-corrected chi connectivity index (χ1v) is 7.83.